The summed E-state index contributed by atoms with van der Waals surface area (Å²) in [5.41, 5.74) is 16.4. The van der Waals surface area contributed by atoms with Crippen LogP contribution in [-0.2, 0) is 15.5 Å². The van der Waals surface area contributed by atoms with Gasteiger partial charge in [0.15, 0.2) is 0 Å². The number of benzene rings is 4. The minimum atomic E-state index is -0.920. The summed E-state index contributed by atoms with van der Waals surface area (Å²) in [6.45, 7) is 24.0. The van der Waals surface area contributed by atoms with E-state index in [1.807, 2.05) is 0 Å². The molecule has 2 unspecified atom stereocenters. The normalized spacial score (nSPS) is 17.9. The van der Waals surface area contributed by atoms with Crippen molar-refractivity contribution >= 4 is 49.3 Å². The van der Waals surface area contributed by atoms with Crippen LogP contribution >= 0.6 is 28.1 Å². The number of hydrogen-bond acceptors (Lipinski definition) is 3. The summed E-state index contributed by atoms with van der Waals surface area (Å²) in [6, 6.07) is 18.8. The van der Waals surface area contributed by atoms with Crippen LogP contribution in [0.4, 0.5) is 0 Å². The largest absolute Gasteiger partial charge is 0.348 e. The van der Waals surface area contributed by atoms with Crippen molar-refractivity contribution in [2.75, 3.05) is 13.2 Å². The summed E-state index contributed by atoms with van der Waals surface area (Å²) in [5, 5.41) is 6.70. The molecule has 2 heterocycles. The first-order valence-corrected chi connectivity index (χ1v) is 20.2. The smallest absolute Gasteiger partial charge is 0.0929 e. The molecule has 0 bridgehead atoms. The van der Waals surface area contributed by atoms with Crippen LogP contribution in [0.5, 0.6) is 0 Å². The zero-order valence-corrected chi connectivity index (χ0v) is 32.0. The average Bonchev–Trinajstić information content (AvgIpc) is 3.40. The first kappa shape index (κ1) is 33.9. The molecule has 46 heavy (non-hydrogen) atoms. The lowest BCUT2D eigenvalue weighted by molar-refractivity contribution is 0.346. The van der Waals surface area contributed by atoms with Gasteiger partial charge in [-0.2, -0.15) is 11.8 Å². The fourth-order valence-corrected chi connectivity index (χ4v) is 14.3. The Labute approximate surface area is 284 Å². The van der Waals surface area contributed by atoms with Gasteiger partial charge in [0.25, 0.3) is 0 Å². The average molecular weight is 669 g/mol. The number of hydrogen-bond donors (Lipinski definition) is 0. The summed E-state index contributed by atoms with van der Waals surface area (Å²) in [4.78, 5) is 0. The van der Waals surface area contributed by atoms with Crippen LogP contribution in [0.1, 0.15) is 79.6 Å². The minimum absolute atomic E-state index is 0.489. The highest BCUT2D eigenvalue weighted by atomic mass is 32.2. The third kappa shape index (κ3) is 6.92. The molecule has 2 aliphatic rings. The number of thioether (sulfide) groups is 1. The summed E-state index contributed by atoms with van der Waals surface area (Å²) in [7, 11) is -1.76. The molecule has 1 fully saturated rings. The predicted octanol–water partition coefficient (Wildman–Crippen LogP) is 9.37. The first-order valence-electron chi connectivity index (χ1n) is 16.8. The molecule has 6 rings (SSSR count). The molecule has 2 aliphatic heterocycles. The summed E-state index contributed by atoms with van der Waals surface area (Å²) in [6.07, 6.45) is 3.38. The quantitative estimate of drug-likeness (QED) is 0.174. The van der Waals surface area contributed by atoms with Crippen LogP contribution in [0, 0.1) is 69.2 Å². The van der Waals surface area contributed by atoms with Gasteiger partial charge in [0.1, 0.15) is 0 Å². The molecule has 5 heteroatoms. The van der Waals surface area contributed by atoms with Crippen molar-refractivity contribution in [2.45, 2.75) is 99.0 Å². The molecule has 0 spiro atoms. The number of fused-ring (bicyclic) bond motifs is 2. The first-order chi connectivity index (χ1) is 21.9. The summed E-state index contributed by atoms with van der Waals surface area (Å²) in [5.74, 6) is 0. The van der Waals surface area contributed by atoms with Gasteiger partial charge in [-0.15, -0.1) is 0 Å². The molecule has 0 N–H and O–H groups in total. The maximum atomic E-state index is 7.10. The van der Waals surface area contributed by atoms with Crippen molar-refractivity contribution in [2.24, 2.45) is 0 Å². The van der Waals surface area contributed by atoms with Gasteiger partial charge in [-0.3, -0.25) is 0 Å². The Kier molecular flexibility index (Phi) is 10.2. The highest BCUT2D eigenvalue weighted by Crippen LogP contribution is 2.47. The van der Waals surface area contributed by atoms with E-state index in [9.17, 15) is 0 Å². The zero-order chi connectivity index (χ0) is 32.9. The lowest BCUT2D eigenvalue weighted by Crippen LogP contribution is -2.31. The molecule has 0 aliphatic carbocycles. The molecule has 2 atom stereocenters. The van der Waals surface area contributed by atoms with E-state index in [2.05, 4.69) is 130 Å². The number of aryl methyl sites for hydroxylation is 10. The third-order valence-corrected chi connectivity index (χ3v) is 16.1. The molecule has 0 aromatic heterocycles. The third-order valence-electron chi connectivity index (χ3n) is 9.49. The minimum Gasteiger partial charge on any atom is -0.348 e. The Morgan fingerprint density at radius 2 is 0.957 bits per heavy atom. The van der Waals surface area contributed by atoms with Crippen LogP contribution in [0.2, 0.25) is 0 Å². The van der Waals surface area contributed by atoms with Gasteiger partial charge >= 0.3 is 0 Å². The van der Waals surface area contributed by atoms with Crippen LogP contribution in [0.3, 0.4) is 0 Å². The van der Waals surface area contributed by atoms with Crippen LogP contribution in [0.25, 0.3) is 0 Å². The van der Waals surface area contributed by atoms with Gasteiger partial charge < -0.3 is 9.05 Å². The molecule has 2 nitrogen and oxygen atoms in total. The Hall–Kier alpha value is -1.99. The van der Waals surface area contributed by atoms with Crippen LogP contribution in [-0.4, -0.2) is 23.7 Å². The Morgan fingerprint density at radius 3 is 1.41 bits per heavy atom. The van der Waals surface area contributed by atoms with E-state index in [1.54, 1.807) is 0 Å². The van der Waals surface area contributed by atoms with Crippen molar-refractivity contribution in [1.29, 1.82) is 0 Å². The van der Waals surface area contributed by atoms with E-state index in [1.165, 1.54) is 101 Å². The van der Waals surface area contributed by atoms with Gasteiger partial charge in [-0.05, 0) is 133 Å². The Balaban J connectivity index is 1.20. The van der Waals surface area contributed by atoms with E-state index in [0.29, 0.717) is 10.5 Å². The second-order valence-electron chi connectivity index (χ2n) is 14.0. The molecule has 0 amide bonds. The van der Waals surface area contributed by atoms with Crippen molar-refractivity contribution in [3.05, 3.63) is 115 Å². The van der Waals surface area contributed by atoms with Crippen molar-refractivity contribution in [3.8, 4) is 0 Å². The molecular weight excluding hydrogens is 618 g/mol. The second kappa shape index (κ2) is 13.9. The number of rotatable bonds is 8. The van der Waals surface area contributed by atoms with Gasteiger partial charge in [0.05, 0.1) is 29.5 Å². The van der Waals surface area contributed by atoms with Crippen molar-refractivity contribution in [3.63, 3.8) is 0 Å². The van der Waals surface area contributed by atoms with E-state index in [-0.39, 0.29) is 0 Å². The van der Waals surface area contributed by atoms with Gasteiger partial charge in [0, 0.05) is 31.7 Å². The van der Waals surface area contributed by atoms with Crippen molar-refractivity contribution in [1.82, 2.24) is 0 Å². The predicted molar refractivity (Wildman–Crippen MR) is 205 cm³/mol. The van der Waals surface area contributed by atoms with Gasteiger partial charge in [0.2, 0.25) is 0 Å². The summed E-state index contributed by atoms with van der Waals surface area (Å²) >= 11 is 2.10. The Bertz CT molecular complexity index is 1630. The lowest BCUT2D eigenvalue weighted by Gasteiger charge is -2.32. The maximum Gasteiger partial charge on any atom is 0.0929 e. The highest BCUT2D eigenvalue weighted by Gasteiger charge is 2.34. The topological polar surface area (TPSA) is 18.5 Å². The highest BCUT2D eigenvalue weighted by molar-refractivity contribution is 8.00. The zero-order valence-electron chi connectivity index (χ0n) is 29.4. The fourth-order valence-electron chi connectivity index (χ4n) is 7.96. The van der Waals surface area contributed by atoms with Crippen LogP contribution in [0.15, 0.2) is 48.5 Å². The van der Waals surface area contributed by atoms with E-state index >= 15 is 0 Å². The van der Waals surface area contributed by atoms with Gasteiger partial charge in [-0.1, -0.05) is 70.8 Å². The summed E-state index contributed by atoms with van der Waals surface area (Å²) < 4.78 is 14.2. The monoisotopic (exact) mass is 668 g/mol. The molecule has 1 saturated heterocycles. The molecule has 0 saturated carbocycles. The molecule has 242 valence electrons. The molecule has 0 radical (unpaired) electrons. The van der Waals surface area contributed by atoms with E-state index in [4.69, 9.17) is 9.05 Å². The van der Waals surface area contributed by atoms with Crippen molar-refractivity contribution < 1.29 is 9.05 Å². The van der Waals surface area contributed by atoms with Gasteiger partial charge in [-0.25, -0.2) is 0 Å². The van der Waals surface area contributed by atoms with E-state index in [0.717, 1.165) is 19.6 Å². The lowest BCUT2D eigenvalue weighted by atomic mass is 9.97. The SMILES string of the molecule is Cc1cc(C)c(P(OCC2CCC(COP3c4c(C)cc(C)cc4Cc4cc(C)cc(C)c43)S2)c2c(C)cc(C)cc2C)c(C)c1. The molecule has 4 aromatic rings. The fraction of sp³-hybridized carbons (Fsp3) is 0.415. The molecular formula is C41H50O2P2S. The maximum absolute atomic E-state index is 7.10. The second-order valence-corrected chi connectivity index (χ2v) is 19.1. The standard InChI is InChI=1S/C41H50O2P2S/c1-24-13-28(5)38(29(6)14-24)44(39-30(7)15-25(2)16-31(39)8)42-22-36-11-12-37(46-36)23-43-45-40-32(9)17-26(3)19-34(40)21-35-20-27(4)18-33(10)41(35)45/h13-20,36-37H,11-12,21-23H2,1-10H3. The Morgan fingerprint density at radius 1 is 0.565 bits per heavy atom. The molecule has 4 aromatic carbocycles. The van der Waals surface area contributed by atoms with E-state index < -0.39 is 16.3 Å². The van der Waals surface area contributed by atoms with Crippen LogP contribution < -0.4 is 21.2 Å².